The Morgan fingerprint density at radius 3 is 2.45 bits per heavy atom. The summed E-state index contributed by atoms with van der Waals surface area (Å²) >= 11 is 0. The summed E-state index contributed by atoms with van der Waals surface area (Å²) in [6, 6.07) is 5.84. The Morgan fingerprint density at radius 1 is 1.27 bits per heavy atom. The van der Waals surface area contributed by atoms with Crippen LogP contribution in [0.15, 0.2) is 24.3 Å². The number of carbonyl (C=O) groups is 3. The second-order valence-electron chi connectivity index (χ2n) is 5.74. The molecule has 1 saturated heterocycles. The number of ether oxygens (including phenoxy) is 1. The molecule has 0 aliphatic carbocycles. The van der Waals surface area contributed by atoms with Gasteiger partial charge in [-0.15, -0.1) is 0 Å². The van der Waals surface area contributed by atoms with Crippen molar-refractivity contribution in [2.45, 2.75) is 32.9 Å². The van der Waals surface area contributed by atoms with Gasteiger partial charge in [0.05, 0.1) is 19.2 Å². The number of nitrogens with one attached hydrogen (secondary N) is 1. The number of hydrogen-bond acceptors (Lipinski definition) is 4. The molecule has 6 nitrogen and oxygen atoms in total. The van der Waals surface area contributed by atoms with Crippen LogP contribution in [0.5, 0.6) is 0 Å². The van der Waals surface area contributed by atoms with Gasteiger partial charge in [0.1, 0.15) is 6.04 Å². The van der Waals surface area contributed by atoms with Crippen molar-refractivity contribution in [3.8, 4) is 0 Å². The van der Waals surface area contributed by atoms with E-state index in [1.807, 2.05) is 13.8 Å². The molecule has 0 radical (unpaired) electrons. The Balaban J connectivity index is 2.05. The summed E-state index contributed by atoms with van der Waals surface area (Å²) in [4.78, 5) is 36.7. The van der Waals surface area contributed by atoms with E-state index in [1.165, 1.54) is 12.0 Å². The van der Waals surface area contributed by atoms with Gasteiger partial charge >= 0.3 is 12.0 Å². The summed E-state index contributed by atoms with van der Waals surface area (Å²) < 4.78 is 4.63. The summed E-state index contributed by atoms with van der Waals surface area (Å²) in [6.07, 6.45) is 0.627. The van der Waals surface area contributed by atoms with E-state index in [9.17, 15) is 14.4 Å². The number of benzene rings is 1. The molecule has 2 rings (SSSR count). The average molecular weight is 304 g/mol. The maximum absolute atomic E-state index is 12.2. The highest BCUT2D eigenvalue weighted by atomic mass is 16.5. The molecule has 22 heavy (non-hydrogen) atoms. The normalized spacial score (nSPS) is 17.8. The molecule has 3 amide bonds. The first-order valence-corrected chi connectivity index (χ1v) is 7.21. The smallest absolute Gasteiger partial charge is 0.337 e. The molecule has 1 aromatic carbocycles. The van der Waals surface area contributed by atoms with Gasteiger partial charge in [0, 0.05) is 0 Å². The lowest BCUT2D eigenvalue weighted by atomic mass is 10.0. The average Bonchev–Trinajstić information content (AvgIpc) is 2.74. The van der Waals surface area contributed by atoms with Crippen LogP contribution in [0.3, 0.4) is 0 Å². The number of imide groups is 1. The number of methoxy groups -OCH3 is 1. The minimum Gasteiger partial charge on any atom is -0.465 e. The van der Waals surface area contributed by atoms with Crippen LogP contribution in [0.2, 0.25) is 0 Å². The van der Waals surface area contributed by atoms with Crippen molar-refractivity contribution >= 4 is 17.9 Å². The largest absolute Gasteiger partial charge is 0.465 e. The van der Waals surface area contributed by atoms with E-state index in [0.29, 0.717) is 17.9 Å². The van der Waals surface area contributed by atoms with Crippen molar-refractivity contribution in [1.29, 1.82) is 0 Å². The number of carbonyl (C=O) groups excluding carboxylic acids is 3. The molecule has 0 saturated carbocycles. The molecule has 6 heteroatoms. The molecule has 1 aromatic rings. The van der Waals surface area contributed by atoms with Crippen molar-refractivity contribution in [3.63, 3.8) is 0 Å². The maximum Gasteiger partial charge on any atom is 0.337 e. The van der Waals surface area contributed by atoms with Crippen LogP contribution in [0, 0.1) is 5.92 Å². The zero-order valence-corrected chi connectivity index (χ0v) is 13.0. The standard InChI is InChI=1S/C16H20N2O4/c1-10(2)8-13-14(19)18(16(21)17-13)9-11-4-6-12(7-5-11)15(20)22-3/h4-7,10,13H,8-9H2,1-3H3,(H,17,21)/t13-/m0/s1. The fraction of sp³-hybridized carbons (Fsp3) is 0.438. The van der Waals surface area contributed by atoms with E-state index < -0.39 is 12.0 Å². The van der Waals surface area contributed by atoms with Gasteiger partial charge in [0.15, 0.2) is 0 Å². The second kappa shape index (κ2) is 6.60. The molecule has 1 aliphatic heterocycles. The summed E-state index contributed by atoms with van der Waals surface area (Å²) in [5, 5.41) is 2.71. The van der Waals surface area contributed by atoms with Gasteiger partial charge in [-0.05, 0) is 30.0 Å². The van der Waals surface area contributed by atoms with Crippen LogP contribution in [0.4, 0.5) is 4.79 Å². The molecule has 1 aliphatic rings. The Labute approximate surface area is 129 Å². The van der Waals surface area contributed by atoms with Gasteiger partial charge in [0.25, 0.3) is 5.91 Å². The van der Waals surface area contributed by atoms with Crippen LogP contribution in [0.1, 0.15) is 36.2 Å². The fourth-order valence-corrected chi connectivity index (χ4v) is 2.40. The monoisotopic (exact) mass is 304 g/mol. The number of nitrogens with zero attached hydrogens (tertiary/aromatic N) is 1. The van der Waals surface area contributed by atoms with E-state index in [-0.39, 0.29) is 18.5 Å². The quantitative estimate of drug-likeness (QED) is 0.666. The van der Waals surface area contributed by atoms with Crippen LogP contribution in [0.25, 0.3) is 0 Å². The number of urea groups is 1. The highest BCUT2D eigenvalue weighted by Gasteiger charge is 2.37. The summed E-state index contributed by atoms with van der Waals surface area (Å²) in [5.41, 5.74) is 1.21. The SMILES string of the molecule is COC(=O)c1ccc(CN2C(=O)N[C@@H](CC(C)C)C2=O)cc1. The van der Waals surface area contributed by atoms with E-state index in [4.69, 9.17) is 0 Å². The molecule has 1 fully saturated rings. The predicted molar refractivity (Wildman–Crippen MR) is 80.1 cm³/mol. The highest BCUT2D eigenvalue weighted by molar-refractivity contribution is 6.04. The highest BCUT2D eigenvalue weighted by Crippen LogP contribution is 2.17. The van der Waals surface area contributed by atoms with Crippen LogP contribution >= 0.6 is 0 Å². The first-order valence-electron chi connectivity index (χ1n) is 7.21. The third-order valence-electron chi connectivity index (χ3n) is 3.53. The van der Waals surface area contributed by atoms with Gasteiger partial charge < -0.3 is 10.1 Å². The lowest BCUT2D eigenvalue weighted by molar-refractivity contribution is -0.128. The van der Waals surface area contributed by atoms with Crippen molar-refractivity contribution in [1.82, 2.24) is 10.2 Å². The number of rotatable bonds is 5. The van der Waals surface area contributed by atoms with E-state index in [1.54, 1.807) is 24.3 Å². The van der Waals surface area contributed by atoms with E-state index in [2.05, 4.69) is 10.1 Å². The molecule has 0 unspecified atom stereocenters. The van der Waals surface area contributed by atoms with Crippen molar-refractivity contribution in [2.75, 3.05) is 7.11 Å². The van der Waals surface area contributed by atoms with Crippen LogP contribution < -0.4 is 5.32 Å². The lowest BCUT2D eigenvalue weighted by Crippen LogP contribution is -2.31. The Kier molecular flexibility index (Phi) is 4.80. The number of esters is 1. The topological polar surface area (TPSA) is 75.7 Å². The van der Waals surface area contributed by atoms with Crippen molar-refractivity contribution < 1.29 is 19.1 Å². The lowest BCUT2D eigenvalue weighted by Gasteiger charge is -2.14. The first-order chi connectivity index (χ1) is 10.4. The molecule has 1 N–H and O–H groups in total. The Morgan fingerprint density at radius 2 is 1.91 bits per heavy atom. The fourth-order valence-electron chi connectivity index (χ4n) is 2.40. The van der Waals surface area contributed by atoms with Crippen LogP contribution in [-0.4, -0.2) is 36.0 Å². The second-order valence-corrected chi connectivity index (χ2v) is 5.74. The molecule has 1 heterocycles. The Hall–Kier alpha value is -2.37. The zero-order valence-electron chi connectivity index (χ0n) is 13.0. The maximum atomic E-state index is 12.2. The molecular weight excluding hydrogens is 284 g/mol. The third-order valence-corrected chi connectivity index (χ3v) is 3.53. The van der Waals surface area contributed by atoms with Gasteiger partial charge in [-0.25, -0.2) is 9.59 Å². The number of amides is 3. The molecule has 0 bridgehead atoms. The predicted octanol–water partition coefficient (Wildman–Crippen LogP) is 1.94. The van der Waals surface area contributed by atoms with Gasteiger partial charge in [0.2, 0.25) is 0 Å². The van der Waals surface area contributed by atoms with E-state index in [0.717, 1.165) is 5.56 Å². The minimum atomic E-state index is -0.443. The first kappa shape index (κ1) is 16.0. The summed E-state index contributed by atoms with van der Waals surface area (Å²) in [6.45, 7) is 4.21. The van der Waals surface area contributed by atoms with Crippen molar-refractivity contribution in [2.24, 2.45) is 5.92 Å². The molecule has 118 valence electrons. The van der Waals surface area contributed by atoms with Crippen molar-refractivity contribution in [3.05, 3.63) is 35.4 Å². The van der Waals surface area contributed by atoms with Crippen LogP contribution in [-0.2, 0) is 16.1 Å². The van der Waals surface area contributed by atoms with E-state index >= 15 is 0 Å². The zero-order chi connectivity index (χ0) is 16.3. The third kappa shape index (κ3) is 3.44. The summed E-state index contributed by atoms with van der Waals surface area (Å²) in [5.74, 6) is -0.289. The summed E-state index contributed by atoms with van der Waals surface area (Å²) in [7, 11) is 1.32. The minimum absolute atomic E-state index is 0.195. The van der Waals surface area contributed by atoms with Gasteiger partial charge in [-0.1, -0.05) is 26.0 Å². The molecule has 1 atom stereocenters. The molecule has 0 spiro atoms. The number of hydrogen-bond donors (Lipinski definition) is 1. The van der Waals surface area contributed by atoms with Gasteiger partial charge in [-0.3, -0.25) is 9.69 Å². The molecular formula is C16H20N2O4. The molecule has 0 aromatic heterocycles. The Bertz CT molecular complexity index is 580. The van der Waals surface area contributed by atoms with Gasteiger partial charge in [-0.2, -0.15) is 0 Å².